The molecule has 0 aromatic carbocycles. The second kappa shape index (κ2) is 5.41. The number of aromatic nitrogens is 2. The van der Waals surface area contributed by atoms with Gasteiger partial charge in [0, 0.05) is 12.6 Å². The average molecular weight is 309 g/mol. The number of rotatable bonds is 3. The minimum absolute atomic E-state index is 0.183. The van der Waals surface area contributed by atoms with Crippen molar-refractivity contribution in [1.29, 1.82) is 0 Å². The number of aromatic amines is 1. The molecular weight excluding hydrogens is 299 g/mol. The standard InChI is InChI=1S/C10H10F3N3O5/c11-10(12,13)4-2-16(9(19)14-8(4)18)7-1-5(15-20)6(3-17)21-7/h2,5-7,17H,1,3H2,(H,14,18,19). The Bertz CT molecular complexity index is 653. The molecule has 3 unspecified atom stereocenters. The molecule has 1 aromatic rings. The number of nitrogens with zero attached hydrogens (tertiary/aromatic N) is 2. The van der Waals surface area contributed by atoms with Gasteiger partial charge in [0.25, 0.3) is 5.56 Å². The molecule has 0 radical (unpaired) electrons. The van der Waals surface area contributed by atoms with E-state index in [0.29, 0.717) is 10.8 Å². The summed E-state index contributed by atoms with van der Waals surface area (Å²) in [5.74, 6) is 0. The Labute approximate surface area is 114 Å². The van der Waals surface area contributed by atoms with Crippen LogP contribution in [-0.4, -0.2) is 33.4 Å². The van der Waals surface area contributed by atoms with Gasteiger partial charge in [-0.15, -0.1) is 0 Å². The van der Waals surface area contributed by atoms with Gasteiger partial charge >= 0.3 is 11.9 Å². The maximum Gasteiger partial charge on any atom is 0.423 e. The summed E-state index contributed by atoms with van der Waals surface area (Å²) in [6, 6.07) is -0.992. The summed E-state index contributed by atoms with van der Waals surface area (Å²) in [5, 5.41) is 11.7. The van der Waals surface area contributed by atoms with Crippen molar-refractivity contribution in [3.05, 3.63) is 37.5 Å². The van der Waals surface area contributed by atoms with Crippen molar-refractivity contribution < 1.29 is 23.0 Å². The first-order valence-corrected chi connectivity index (χ1v) is 5.79. The minimum atomic E-state index is -4.94. The van der Waals surface area contributed by atoms with Gasteiger partial charge in [0.15, 0.2) is 0 Å². The fourth-order valence-corrected chi connectivity index (χ4v) is 2.06. The summed E-state index contributed by atoms with van der Waals surface area (Å²) in [6.45, 7) is -0.572. The van der Waals surface area contributed by atoms with Gasteiger partial charge < -0.3 is 9.84 Å². The normalized spacial score (nSPS) is 26.0. The van der Waals surface area contributed by atoms with Gasteiger partial charge in [-0.25, -0.2) is 4.79 Å². The van der Waals surface area contributed by atoms with Crippen LogP contribution in [-0.2, 0) is 10.9 Å². The van der Waals surface area contributed by atoms with E-state index in [-0.39, 0.29) is 6.42 Å². The highest BCUT2D eigenvalue weighted by molar-refractivity contribution is 5.09. The molecule has 11 heteroatoms. The first-order valence-electron chi connectivity index (χ1n) is 5.79. The van der Waals surface area contributed by atoms with Crippen LogP contribution < -0.4 is 11.2 Å². The van der Waals surface area contributed by atoms with Crippen molar-refractivity contribution in [2.45, 2.75) is 31.0 Å². The first-order chi connectivity index (χ1) is 9.77. The van der Waals surface area contributed by atoms with Crippen LogP contribution >= 0.6 is 0 Å². The Morgan fingerprint density at radius 1 is 1.48 bits per heavy atom. The van der Waals surface area contributed by atoms with Crippen molar-refractivity contribution >= 4 is 0 Å². The lowest BCUT2D eigenvalue weighted by Gasteiger charge is -2.16. The molecule has 1 saturated heterocycles. The number of hydrogen-bond acceptors (Lipinski definition) is 6. The third-order valence-corrected chi connectivity index (χ3v) is 3.10. The zero-order chi connectivity index (χ0) is 15.8. The average Bonchev–Trinajstić information content (AvgIpc) is 2.80. The lowest BCUT2D eigenvalue weighted by Crippen LogP contribution is -2.36. The van der Waals surface area contributed by atoms with Crippen LogP contribution in [0.25, 0.3) is 0 Å². The number of ether oxygens (including phenoxy) is 1. The number of H-pyrrole nitrogens is 1. The maximum absolute atomic E-state index is 12.6. The van der Waals surface area contributed by atoms with Crippen LogP contribution in [0.1, 0.15) is 18.2 Å². The van der Waals surface area contributed by atoms with Crippen molar-refractivity contribution in [2.24, 2.45) is 5.18 Å². The van der Waals surface area contributed by atoms with E-state index in [1.807, 2.05) is 0 Å². The van der Waals surface area contributed by atoms with Gasteiger partial charge in [-0.1, -0.05) is 5.18 Å². The Kier molecular flexibility index (Phi) is 3.96. The van der Waals surface area contributed by atoms with Crippen LogP contribution in [0.5, 0.6) is 0 Å². The summed E-state index contributed by atoms with van der Waals surface area (Å²) in [4.78, 5) is 34.8. The molecule has 1 aliphatic rings. The first kappa shape index (κ1) is 15.4. The molecule has 2 N–H and O–H groups in total. The number of aliphatic hydroxyl groups excluding tert-OH is 1. The molecule has 1 aliphatic heterocycles. The molecule has 0 spiro atoms. The van der Waals surface area contributed by atoms with E-state index < -0.39 is 48.0 Å². The largest absolute Gasteiger partial charge is 0.423 e. The van der Waals surface area contributed by atoms with Crippen LogP contribution in [0.3, 0.4) is 0 Å². The van der Waals surface area contributed by atoms with E-state index in [2.05, 4.69) is 5.18 Å². The molecule has 0 saturated carbocycles. The van der Waals surface area contributed by atoms with Crippen LogP contribution in [0, 0.1) is 4.91 Å². The lowest BCUT2D eigenvalue weighted by atomic mass is 10.1. The van der Waals surface area contributed by atoms with E-state index in [1.165, 1.54) is 4.98 Å². The SMILES string of the molecule is O=NC1CC(n2cc(C(F)(F)F)c(=O)[nH]c2=O)OC1CO. The van der Waals surface area contributed by atoms with E-state index in [0.717, 1.165) is 0 Å². The Balaban J connectivity index is 2.44. The Morgan fingerprint density at radius 3 is 2.62 bits per heavy atom. The fourth-order valence-electron chi connectivity index (χ4n) is 2.06. The molecule has 8 nitrogen and oxygen atoms in total. The number of halogens is 3. The van der Waals surface area contributed by atoms with Crippen molar-refractivity contribution in [1.82, 2.24) is 9.55 Å². The zero-order valence-corrected chi connectivity index (χ0v) is 10.3. The van der Waals surface area contributed by atoms with Gasteiger partial charge in [-0.3, -0.25) is 14.3 Å². The smallest absolute Gasteiger partial charge is 0.394 e. The molecule has 1 aromatic heterocycles. The van der Waals surface area contributed by atoms with E-state index in [9.17, 15) is 27.7 Å². The summed E-state index contributed by atoms with van der Waals surface area (Å²) in [6.07, 6.45) is -7.04. The van der Waals surface area contributed by atoms with Gasteiger partial charge in [0.2, 0.25) is 0 Å². The van der Waals surface area contributed by atoms with Gasteiger partial charge in [-0.05, 0) is 0 Å². The maximum atomic E-state index is 12.6. The quantitative estimate of drug-likeness (QED) is 0.761. The molecule has 2 rings (SSSR count). The Hall–Kier alpha value is -2.01. The number of hydrogen-bond donors (Lipinski definition) is 2. The third-order valence-electron chi connectivity index (χ3n) is 3.10. The van der Waals surface area contributed by atoms with Crippen molar-refractivity contribution in [3.8, 4) is 0 Å². The van der Waals surface area contributed by atoms with Crippen LogP contribution in [0.4, 0.5) is 13.2 Å². The highest BCUT2D eigenvalue weighted by Gasteiger charge is 2.40. The number of nitrogens with one attached hydrogen (secondary N) is 1. The molecule has 0 aliphatic carbocycles. The molecule has 2 heterocycles. The molecule has 1 fully saturated rings. The predicted molar refractivity (Wildman–Crippen MR) is 61.5 cm³/mol. The Morgan fingerprint density at radius 2 is 2.14 bits per heavy atom. The molecule has 116 valence electrons. The number of alkyl halides is 3. The summed E-state index contributed by atoms with van der Waals surface area (Å²) < 4.78 is 43.6. The number of nitroso groups, excluding NO2 is 1. The fraction of sp³-hybridized carbons (Fsp3) is 0.600. The highest BCUT2D eigenvalue weighted by Crippen LogP contribution is 2.31. The summed E-state index contributed by atoms with van der Waals surface area (Å²) in [7, 11) is 0. The molecule has 0 bridgehead atoms. The zero-order valence-electron chi connectivity index (χ0n) is 10.3. The molecule has 3 atom stereocenters. The van der Waals surface area contributed by atoms with Crippen LogP contribution in [0.2, 0.25) is 0 Å². The highest BCUT2D eigenvalue weighted by atomic mass is 19.4. The molecule has 21 heavy (non-hydrogen) atoms. The lowest BCUT2D eigenvalue weighted by molar-refractivity contribution is -0.139. The molecular formula is C10H10F3N3O5. The van der Waals surface area contributed by atoms with E-state index >= 15 is 0 Å². The predicted octanol–water partition coefficient (Wildman–Crippen LogP) is -0.0298. The molecule has 0 amide bonds. The summed E-state index contributed by atoms with van der Waals surface area (Å²) in [5.41, 5.74) is -4.24. The second-order valence-electron chi connectivity index (χ2n) is 4.43. The van der Waals surface area contributed by atoms with E-state index in [4.69, 9.17) is 9.84 Å². The van der Waals surface area contributed by atoms with Gasteiger partial charge in [-0.2, -0.15) is 18.1 Å². The topological polar surface area (TPSA) is 114 Å². The van der Waals surface area contributed by atoms with Gasteiger partial charge in [0.05, 0.1) is 6.61 Å². The summed E-state index contributed by atoms with van der Waals surface area (Å²) >= 11 is 0. The monoisotopic (exact) mass is 309 g/mol. The van der Waals surface area contributed by atoms with E-state index in [1.54, 1.807) is 0 Å². The van der Waals surface area contributed by atoms with Crippen molar-refractivity contribution in [2.75, 3.05) is 6.61 Å². The van der Waals surface area contributed by atoms with Gasteiger partial charge in [0.1, 0.15) is 23.9 Å². The second-order valence-corrected chi connectivity index (χ2v) is 4.43. The van der Waals surface area contributed by atoms with Crippen LogP contribution in [0.15, 0.2) is 21.0 Å². The number of aliphatic hydroxyl groups is 1. The minimum Gasteiger partial charge on any atom is -0.394 e. The third kappa shape index (κ3) is 2.88. The van der Waals surface area contributed by atoms with Crippen molar-refractivity contribution in [3.63, 3.8) is 0 Å².